The number of nitro benzene ring substituents is 1. The molecule has 116 valence electrons. The lowest BCUT2D eigenvalue weighted by Crippen LogP contribution is -2.41. The van der Waals surface area contributed by atoms with Crippen LogP contribution in [0.25, 0.3) is 0 Å². The summed E-state index contributed by atoms with van der Waals surface area (Å²) in [6.07, 6.45) is 0.311. The van der Waals surface area contributed by atoms with E-state index in [-0.39, 0.29) is 17.1 Å². The van der Waals surface area contributed by atoms with Gasteiger partial charge in [0.25, 0.3) is 5.69 Å². The fourth-order valence-electron chi connectivity index (χ4n) is 1.78. The Hall–Kier alpha value is -1.66. The average Bonchev–Trinajstić information content (AvgIpc) is 2.32. The van der Waals surface area contributed by atoms with Gasteiger partial charge in [-0.25, -0.2) is 0 Å². The molecule has 1 aromatic carbocycles. The van der Waals surface area contributed by atoms with E-state index in [0.29, 0.717) is 30.1 Å². The first-order valence-corrected chi connectivity index (χ1v) is 7.01. The van der Waals surface area contributed by atoms with Gasteiger partial charge in [0.2, 0.25) is 5.91 Å². The molecule has 6 nitrogen and oxygen atoms in total. The number of benzene rings is 1. The highest BCUT2D eigenvalue weighted by molar-refractivity contribution is 6.30. The summed E-state index contributed by atoms with van der Waals surface area (Å²) < 4.78 is 0. The van der Waals surface area contributed by atoms with Crippen LogP contribution < -0.4 is 10.6 Å². The van der Waals surface area contributed by atoms with Crippen molar-refractivity contribution in [3.8, 4) is 0 Å². The molecule has 0 unspecified atom stereocenters. The molecule has 0 aliphatic heterocycles. The monoisotopic (exact) mass is 313 g/mol. The SMILES string of the molecule is CC(C)(C)NC(=O)CCNCc1cc(Cl)ccc1[N+](=O)[O-]. The van der Waals surface area contributed by atoms with Gasteiger partial charge < -0.3 is 10.6 Å². The Kier molecular flexibility index (Phi) is 6.11. The maximum absolute atomic E-state index is 11.6. The van der Waals surface area contributed by atoms with Crippen LogP contribution in [-0.4, -0.2) is 22.9 Å². The number of hydrogen-bond acceptors (Lipinski definition) is 4. The number of halogens is 1. The van der Waals surface area contributed by atoms with Gasteiger partial charge in [-0.15, -0.1) is 0 Å². The summed E-state index contributed by atoms with van der Waals surface area (Å²) in [5.74, 6) is -0.0596. The van der Waals surface area contributed by atoms with Crippen LogP contribution in [0.3, 0.4) is 0 Å². The van der Waals surface area contributed by atoms with E-state index in [4.69, 9.17) is 11.6 Å². The number of amides is 1. The Morgan fingerprint density at radius 1 is 1.38 bits per heavy atom. The van der Waals surface area contributed by atoms with Crippen LogP contribution >= 0.6 is 11.6 Å². The molecule has 1 aromatic rings. The highest BCUT2D eigenvalue weighted by Gasteiger charge is 2.15. The molecule has 0 saturated carbocycles. The van der Waals surface area contributed by atoms with E-state index in [0.717, 1.165) is 0 Å². The Morgan fingerprint density at radius 2 is 2.05 bits per heavy atom. The molecule has 7 heteroatoms. The number of rotatable bonds is 6. The van der Waals surface area contributed by atoms with Gasteiger partial charge in [0.1, 0.15) is 0 Å². The summed E-state index contributed by atoms with van der Waals surface area (Å²) in [5, 5.41) is 17.2. The highest BCUT2D eigenvalue weighted by Crippen LogP contribution is 2.22. The van der Waals surface area contributed by atoms with Crippen molar-refractivity contribution in [2.75, 3.05) is 6.54 Å². The Labute approximate surface area is 129 Å². The average molecular weight is 314 g/mol. The van der Waals surface area contributed by atoms with Gasteiger partial charge in [-0.2, -0.15) is 0 Å². The first-order valence-electron chi connectivity index (χ1n) is 6.63. The molecule has 2 N–H and O–H groups in total. The van der Waals surface area contributed by atoms with Crippen molar-refractivity contribution in [2.45, 2.75) is 39.3 Å². The van der Waals surface area contributed by atoms with Gasteiger partial charge in [0.05, 0.1) is 4.92 Å². The zero-order chi connectivity index (χ0) is 16.0. The second-order valence-corrected chi connectivity index (χ2v) is 6.19. The second-order valence-electron chi connectivity index (χ2n) is 5.76. The maximum atomic E-state index is 11.6. The summed E-state index contributed by atoms with van der Waals surface area (Å²) in [7, 11) is 0. The van der Waals surface area contributed by atoms with Gasteiger partial charge in [-0.05, 0) is 32.9 Å². The predicted octanol–water partition coefficient (Wildman–Crippen LogP) is 2.64. The molecule has 0 aromatic heterocycles. The minimum absolute atomic E-state index is 0.0195. The molecule has 0 atom stereocenters. The fraction of sp³-hybridized carbons (Fsp3) is 0.500. The van der Waals surface area contributed by atoms with E-state index in [1.807, 2.05) is 20.8 Å². The molecule has 1 rings (SSSR count). The molecular weight excluding hydrogens is 294 g/mol. The summed E-state index contributed by atoms with van der Waals surface area (Å²) in [6, 6.07) is 4.42. The third kappa shape index (κ3) is 6.55. The highest BCUT2D eigenvalue weighted by atomic mass is 35.5. The van der Waals surface area contributed by atoms with Gasteiger partial charge in [0, 0.05) is 41.7 Å². The lowest BCUT2D eigenvalue weighted by molar-refractivity contribution is -0.385. The standard InChI is InChI=1S/C14H20ClN3O3/c1-14(2,3)17-13(19)6-7-16-9-10-8-11(15)4-5-12(10)18(20)21/h4-5,8,16H,6-7,9H2,1-3H3,(H,17,19). The number of carbonyl (C=O) groups is 1. The second kappa shape index (κ2) is 7.38. The Balaban J connectivity index is 2.48. The molecule has 0 heterocycles. The lowest BCUT2D eigenvalue weighted by atomic mass is 10.1. The van der Waals surface area contributed by atoms with E-state index in [2.05, 4.69) is 10.6 Å². The largest absolute Gasteiger partial charge is 0.351 e. The maximum Gasteiger partial charge on any atom is 0.273 e. The van der Waals surface area contributed by atoms with Crippen LogP contribution in [0.2, 0.25) is 5.02 Å². The minimum atomic E-state index is -0.445. The van der Waals surface area contributed by atoms with Crippen LogP contribution in [0.4, 0.5) is 5.69 Å². The topological polar surface area (TPSA) is 84.3 Å². The van der Waals surface area contributed by atoms with Gasteiger partial charge in [0.15, 0.2) is 0 Å². The van der Waals surface area contributed by atoms with Crippen molar-refractivity contribution in [3.63, 3.8) is 0 Å². The molecule has 1 amide bonds. The predicted molar refractivity (Wildman–Crippen MR) is 82.3 cm³/mol. The zero-order valence-electron chi connectivity index (χ0n) is 12.4. The van der Waals surface area contributed by atoms with E-state index in [9.17, 15) is 14.9 Å². The van der Waals surface area contributed by atoms with E-state index >= 15 is 0 Å². The first kappa shape index (κ1) is 17.4. The van der Waals surface area contributed by atoms with E-state index in [1.165, 1.54) is 12.1 Å². The summed E-state index contributed by atoms with van der Waals surface area (Å²) in [6.45, 7) is 6.46. The van der Waals surface area contributed by atoms with Crippen molar-refractivity contribution in [3.05, 3.63) is 38.9 Å². The molecule has 0 aliphatic carbocycles. The van der Waals surface area contributed by atoms with Gasteiger partial charge in [-0.3, -0.25) is 14.9 Å². The first-order chi connectivity index (χ1) is 9.69. The summed E-state index contributed by atoms with van der Waals surface area (Å²) in [4.78, 5) is 22.1. The van der Waals surface area contributed by atoms with Crippen LogP contribution in [0.1, 0.15) is 32.8 Å². The summed E-state index contributed by atoms with van der Waals surface area (Å²) >= 11 is 5.84. The van der Waals surface area contributed by atoms with Crippen LogP contribution in [0.5, 0.6) is 0 Å². The zero-order valence-corrected chi connectivity index (χ0v) is 13.2. The van der Waals surface area contributed by atoms with E-state index in [1.54, 1.807) is 6.07 Å². The number of hydrogen-bond donors (Lipinski definition) is 2. The number of nitrogens with zero attached hydrogens (tertiary/aromatic N) is 1. The minimum Gasteiger partial charge on any atom is -0.351 e. The molecule has 0 radical (unpaired) electrons. The Morgan fingerprint density at radius 3 is 2.62 bits per heavy atom. The van der Waals surface area contributed by atoms with Crippen molar-refractivity contribution >= 4 is 23.2 Å². The molecule has 0 fully saturated rings. The fourth-order valence-corrected chi connectivity index (χ4v) is 1.97. The van der Waals surface area contributed by atoms with Crippen molar-refractivity contribution in [1.82, 2.24) is 10.6 Å². The van der Waals surface area contributed by atoms with Crippen LogP contribution in [0.15, 0.2) is 18.2 Å². The number of carbonyl (C=O) groups excluding carboxylic acids is 1. The van der Waals surface area contributed by atoms with Crippen molar-refractivity contribution in [1.29, 1.82) is 0 Å². The van der Waals surface area contributed by atoms with Gasteiger partial charge >= 0.3 is 0 Å². The lowest BCUT2D eigenvalue weighted by Gasteiger charge is -2.20. The number of nitrogens with one attached hydrogen (secondary N) is 2. The van der Waals surface area contributed by atoms with Crippen molar-refractivity contribution < 1.29 is 9.72 Å². The Bertz CT molecular complexity index is 527. The smallest absolute Gasteiger partial charge is 0.273 e. The third-order valence-electron chi connectivity index (χ3n) is 2.60. The molecule has 21 heavy (non-hydrogen) atoms. The van der Waals surface area contributed by atoms with Crippen LogP contribution in [-0.2, 0) is 11.3 Å². The van der Waals surface area contributed by atoms with Crippen LogP contribution in [0, 0.1) is 10.1 Å². The third-order valence-corrected chi connectivity index (χ3v) is 2.83. The number of nitro groups is 1. The molecule has 0 bridgehead atoms. The van der Waals surface area contributed by atoms with E-state index < -0.39 is 4.92 Å². The normalized spacial score (nSPS) is 11.2. The molecule has 0 saturated heterocycles. The van der Waals surface area contributed by atoms with Gasteiger partial charge in [-0.1, -0.05) is 11.6 Å². The summed E-state index contributed by atoms with van der Waals surface area (Å²) in [5.41, 5.74) is 0.262. The molecular formula is C14H20ClN3O3. The molecule has 0 aliphatic rings. The molecule has 0 spiro atoms. The quantitative estimate of drug-likeness (QED) is 0.480. The van der Waals surface area contributed by atoms with Crippen molar-refractivity contribution in [2.24, 2.45) is 0 Å².